The van der Waals surface area contributed by atoms with Gasteiger partial charge in [-0.15, -0.1) is 0 Å². The number of hydrogen-bond acceptors (Lipinski definition) is 4. The first kappa shape index (κ1) is 14.8. The van der Waals surface area contributed by atoms with E-state index in [9.17, 15) is 0 Å². The lowest BCUT2D eigenvalue weighted by Crippen LogP contribution is -2.14. The van der Waals surface area contributed by atoms with Gasteiger partial charge >= 0.3 is 0 Å². The first-order chi connectivity index (χ1) is 9.58. The van der Waals surface area contributed by atoms with Crippen LogP contribution < -0.4 is 15.2 Å². The van der Waals surface area contributed by atoms with Crippen molar-refractivity contribution in [2.24, 2.45) is 5.73 Å². The Morgan fingerprint density at radius 2 is 1.95 bits per heavy atom. The van der Waals surface area contributed by atoms with E-state index in [-0.39, 0.29) is 6.04 Å². The van der Waals surface area contributed by atoms with Crippen LogP contribution in [0.2, 0.25) is 0 Å². The van der Waals surface area contributed by atoms with E-state index in [1.165, 1.54) is 0 Å². The van der Waals surface area contributed by atoms with Crippen LogP contribution >= 0.6 is 15.9 Å². The third-order valence-corrected chi connectivity index (χ3v) is 3.88. The van der Waals surface area contributed by atoms with Gasteiger partial charge in [0.1, 0.15) is 16.0 Å². The fourth-order valence-corrected chi connectivity index (χ4v) is 2.79. The lowest BCUT2D eigenvalue weighted by Gasteiger charge is -2.19. The highest BCUT2D eigenvalue weighted by atomic mass is 79.9. The molecule has 0 aliphatic carbocycles. The molecule has 1 unspecified atom stereocenters. The fraction of sp³-hybridized carbons (Fsp3) is 0.267. The third-order valence-electron chi connectivity index (χ3n) is 3.13. The van der Waals surface area contributed by atoms with Crippen LogP contribution in [0.1, 0.15) is 22.9 Å². The molecule has 0 radical (unpaired) electrons. The van der Waals surface area contributed by atoms with E-state index in [1.54, 1.807) is 20.4 Å². The standard InChI is InChI=1S/C15H17BrN2O2/c1-9-8-10(6-7-18-9)14(17)11-4-5-12(19-2)13(16)15(11)20-3/h4-8,14H,17H2,1-3H3. The van der Waals surface area contributed by atoms with E-state index in [4.69, 9.17) is 15.2 Å². The number of ether oxygens (including phenoxy) is 2. The highest BCUT2D eigenvalue weighted by Crippen LogP contribution is 2.40. The molecule has 2 N–H and O–H groups in total. The van der Waals surface area contributed by atoms with Gasteiger partial charge in [0.25, 0.3) is 0 Å². The van der Waals surface area contributed by atoms with E-state index < -0.39 is 0 Å². The predicted molar refractivity (Wildman–Crippen MR) is 82.3 cm³/mol. The second-order valence-corrected chi connectivity index (χ2v) is 5.21. The smallest absolute Gasteiger partial charge is 0.141 e. The van der Waals surface area contributed by atoms with Gasteiger partial charge in [0.05, 0.1) is 20.3 Å². The molecule has 2 rings (SSSR count). The van der Waals surface area contributed by atoms with Crippen molar-refractivity contribution >= 4 is 15.9 Å². The van der Waals surface area contributed by atoms with E-state index in [2.05, 4.69) is 20.9 Å². The Hall–Kier alpha value is -1.59. The molecule has 0 aliphatic heterocycles. The average molecular weight is 337 g/mol. The van der Waals surface area contributed by atoms with E-state index in [0.717, 1.165) is 21.3 Å². The Bertz CT molecular complexity index is 617. The summed E-state index contributed by atoms with van der Waals surface area (Å²) >= 11 is 3.49. The molecule has 1 aromatic carbocycles. The summed E-state index contributed by atoms with van der Waals surface area (Å²) in [6, 6.07) is 7.39. The van der Waals surface area contributed by atoms with E-state index in [0.29, 0.717) is 11.5 Å². The van der Waals surface area contributed by atoms with Crippen molar-refractivity contribution in [2.75, 3.05) is 14.2 Å². The molecule has 0 bridgehead atoms. The summed E-state index contributed by atoms with van der Waals surface area (Å²) in [5, 5.41) is 0. The minimum atomic E-state index is -0.283. The largest absolute Gasteiger partial charge is 0.495 e. The van der Waals surface area contributed by atoms with Crippen LogP contribution in [0.4, 0.5) is 0 Å². The Balaban J connectivity index is 2.49. The van der Waals surface area contributed by atoms with Gasteiger partial charge in [-0.25, -0.2) is 0 Å². The molecule has 106 valence electrons. The normalized spacial score (nSPS) is 12.1. The molecule has 0 aliphatic rings. The fourth-order valence-electron chi connectivity index (χ4n) is 2.10. The number of rotatable bonds is 4. The molecule has 1 heterocycles. The molecule has 0 saturated heterocycles. The quantitative estimate of drug-likeness (QED) is 0.931. The summed E-state index contributed by atoms with van der Waals surface area (Å²) in [6.45, 7) is 1.94. The maximum Gasteiger partial charge on any atom is 0.141 e. The minimum Gasteiger partial charge on any atom is -0.495 e. The summed E-state index contributed by atoms with van der Waals surface area (Å²) in [5.74, 6) is 1.40. The summed E-state index contributed by atoms with van der Waals surface area (Å²) in [7, 11) is 3.24. The molecular weight excluding hydrogens is 320 g/mol. The van der Waals surface area contributed by atoms with Gasteiger partial charge in [0.15, 0.2) is 0 Å². The van der Waals surface area contributed by atoms with E-state index >= 15 is 0 Å². The van der Waals surface area contributed by atoms with Crippen molar-refractivity contribution in [3.05, 3.63) is 51.8 Å². The van der Waals surface area contributed by atoms with Gasteiger partial charge in [-0.3, -0.25) is 4.98 Å². The Morgan fingerprint density at radius 3 is 2.55 bits per heavy atom. The summed E-state index contributed by atoms with van der Waals surface area (Å²) in [6.07, 6.45) is 1.76. The Labute approximate surface area is 127 Å². The van der Waals surface area contributed by atoms with Crippen molar-refractivity contribution < 1.29 is 9.47 Å². The number of hydrogen-bond donors (Lipinski definition) is 1. The molecule has 0 fully saturated rings. The number of nitrogens with two attached hydrogens (primary N) is 1. The van der Waals surface area contributed by atoms with Gasteiger partial charge < -0.3 is 15.2 Å². The molecule has 0 spiro atoms. The first-order valence-corrected chi connectivity index (χ1v) is 6.96. The summed E-state index contributed by atoms with van der Waals surface area (Å²) in [4.78, 5) is 4.19. The molecule has 4 nitrogen and oxygen atoms in total. The number of pyridine rings is 1. The number of aromatic nitrogens is 1. The maximum absolute atomic E-state index is 6.35. The maximum atomic E-state index is 6.35. The highest BCUT2D eigenvalue weighted by molar-refractivity contribution is 9.10. The van der Waals surface area contributed by atoms with Crippen molar-refractivity contribution in [3.63, 3.8) is 0 Å². The van der Waals surface area contributed by atoms with Crippen molar-refractivity contribution in [1.82, 2.24) is 4.98 Å². The number of aryl methyl sites for hydroxylation is 1. The molecule has 20 heavy (non-hydrogen) atoms. The van der Waals surface area contributed by atoms with Crippen LogP contribution in [-0.2, 0) is 0 Å². The van der Waals surface area contributed by atoms with Crippen LogP contribution in [0.15, 0.2) is 34.9 Å². The Morgan fingerprint density at radius 1 is 1.20 bits per heavy atom. The number of benzene rings is 1. The second kappa shape index (κ2) is 6.24. The molecular formula is C15H17BrN2O2. The molecule has 1 atom stereocenters. The van der Waals surface area contributed by atoms with Gasteiger partial charge in [-0.05, 0) is 52.7 Å². The highest BCUT2D eigenvalue weighted by Gasteiger charge is 2.19. The zero-order valence-electron chi connectivity index (χ0n) is 11.7. The molecule has 5 heteroatoms. The zero-order chi connectivity index (χ0) is 14.7. The van der Waals surface area contributed by atoms with Crippen LogP contribution in [0, 0.1) is 6.92 Å². The molecule has 0 amide bonds. The monoisotopic (exact) mass is 336 g/mol. The first-order valence-electron chi connectivity index (χ1n) is 6.17. The lowest BCUT2D eigenvalue weighted by atomic mass is 9.99. The number of nitrogens with zero attached hydrogens (tertiary/aromatic N) is 1. The van der Waals surface area contributed by atoms with Gasteiger partial charge in [0.2, 0.25) is 0 Å². The van der Waals surface area contributed by atoms with Crippen molar-refractivity contribution in [3.8, 4) is 11.5 Å². The van der Waals surface area contributed by atoms with Gasteiger partial charge in [0, 0.05) is 17.5 Å². The second-order valence-electron chi connectivity index (χ2n) is 4.41. The average Bonchev–Trinajstić information content (AvgIpc) is 2.46. The van der Waals surface area contributed by atoms with Crippen LogP contribution in [-0.4, -0.2) is 19.2 Å². The van der Waals surface area contributed by atoms with Crippen LogP contribution in [0.25, 0.3) is 0 Å². The Kier molecular flexibility index (Phi) is 4.62. The third kappa shape index (κ3) is 2.78. The van der Waals surface area contributed by atoms with Crippen LogP contribution in [0.3, 0.4) is 0 Å². The zero-order valence-corrected chi connectivity index (χ0v) is 13.3. The summed E-state index contributed by atoms with van der Waals surface area (Å²) < 4.78 is 11.5. The van der Waals surface area contributed by atoms with Crippen molar-refractivity contribution in [1.29, 1.82) is 0 Å². The molecule has 0 saturated carbocycles. The predicted octanol–water partition coefficient (Wildman–Crippen LogP) is 3.22. The topological polar surface area (TPSA) is 57.4 Å². The number of halogens is 1. The molecule has 1 aromatic heterocycles. The number of methoxy groups -OCH3 is 2. The minimum absolute atomic E-state index is 0.283. The van der Waals surface area contributed by atoms with E-state index in [1.807, 2.05) is 31.2 Å². The summed E-state index contributed by atoms with van der Waals surface area (Å²) in [5.41, 5.74) is 9.17. The van der Waals surface area contributed by atoms with Crippen molar-refractivity contribution in [2.45, 2.75) is 13.0 Å². The van der Waals surface area contributed by atoms with Gasteiger partial charge in [-0.2, -0.15) is 0 Å². The van der Waals surface area contributed by atoms with Gasteiger partial charge in [-0.1, -0.05) is 0 Å². The van der Waals surface area contributed by atoms with Crippen LogP contribution in [0.5, 0.6) is 11.5 Å². The molecule has 2 aromatic rings. The lowest BCUT2D eigenvalue weighted by molar-refractivity contribution is 0.385. The SMILES string of the molecule is COc1ccc(C(N)c2ccnc(C)c2)c(OC)c1Br.